The molecule has 1 saturated heterocycles. The summed E-state index contributed by atoms with van der Waals surface area (Å²) in [5, 5.41) is 10.4. The fourth-order valence-electron chi connectivity index (χ4n) is 4.67. The van der Waals surface area contributed by atoms with Crippen LogP contribution in [-0.4, -0.2) is 44.7 Å². The number of benzene rings is 2. The van der Waals surface area contributed by atoms with Crippen molar-refractivity contribution in [2.45, 2.75) is 45.4 Å². The molecule has 2 heterocycles. The van der Waals surface area contributed by atoms with E-state index in [4.69, 9.17) is 23.2 Å². The lowest BCUT2D eigenvalue weighted by Gasteiger charge is -2.33. The maximum Gasteiger partial charge on any atom is 0.416 e. The highest BCUT2D eigenvalue weighted by Gasteiger charge is 2.32. The number of halogens is 5. The number of aryl methyl sites for hydroxylation is 2. The van der Waals surface area contributed by atoms with Gasteiger partial charge in [0.15, 0.2) is 0 Å². The first-order chi connectivity index (χ1) is 16.4. The topological polar surface area (TPSA) is 58.4 Å². The van der Waals surface area contributed by atoms with E-state index in [-0.39, 0.29) is 23.3 Å². The number of nitrogens with zero attached hydrogens (tertiary/aromatic N) is 3. The van der Waals surface area contributed by atoms with Crippen LogP contribution in [0.1, 0.15) is 52.6 Å². The summed E-state index contributed by atoms with van der Waals surface area (Å²) in [5.74, 6) is 0.426. The molecular weight excluding hydrogens is 502 g/mol. The normalized spacial score (nSPS) is 16.2. The minimum atomic E-state index is -4.46. The molecule has 2 aromatic carbocycles. The largest absolute Gasteiger partial charge is 0.416 e. The molecule has 1 amide bonds. The van der Waals surface area contributed by atoms with Crippen LogP contribution in [0.2, 0.25) is 10.0 Å². The molecule has 4 rings (SSSR count). The molecule has 3 aromatic rings. The number of rotatable bonds is 4. The van der Waals surface area contributed by atoms with E-state index in [1.165, 1.54) is 0 Å². The Morgan fingerprint density at radius 1 is 1.23 bits per heavy atom. The van der Waals surface area contributed by atoms with Crippen LogP contribution >= 0.6 is 23.2 Å². The van der Waals surface area contributed by atoms with Gasteiger partial charge in [-0.05, 0) is 68.0 Å². The number of hydrogen-bond acceptors (Lipinski definition) is 3. The Balaban J connectivity index is 1.65. The predicted molar refractivity (Wildman–Crippen MR) is 130 cm³/mol. The number of hydrogen-bond donors (Lipinski definition) is 1. The van der Waals surface area contributed by atoms with Gasteiger partial charge in [-0.1, -0.05) is 23.2 Å². The van der Waals surface area contributed by atoms with E-state index < -0.39 is 17.8 Å². The van der Waals surface area contributed by atoms with Crippen LogP contribution in [0, 0.1) is 12.8 Å². The number of piperidine rings is 1. The number of likely N-dealkylation sites (tertiary alicyclic amines) is 1. The lowest BCUT2D eigenvalue weighted by atomic mass is 9.92. The van der Waals surface area contributed by atoms with E-state index in [9.17, 15) is 23.1 Å². The number of aliphatic hydroxyl groups is 1. The first-order valence-electron chi connectivity index (χ1n) is 11.4. The predicted octanol–water partition coefficient (Wildman–Crippen LogP) is 6.03. The number of amides is 1. The van der Waals surface area contributed by atoms with Crippen LogP contribution in [0.25, 0.3) is 11.0 Å². The minimum Gasteiger partial charge on any atom is -0.393 e. The quantitative estimate of drug-likeness (QED) is 0.450. The highest BCUT2D eigenvalue weighted by atomic mass is 35.5. The summed E-state index contributed by atoms with van der Waals surface area (Å²) in [7, 11) is 1.65. The second kappa shape index (κ2) is 9.64. The maximum atomic E-state index is 13.3. The molecule has 188 valence electrons. The zero-order valence-electron chi connectivity index (χ0n) is 19.6. The first kappa shape index (κ1) is 25.8. The van der Waals surface area contributed by atoms with Gasteiger partial charge in [0, 0.05) is 31.6 Å². The van der Waals surface area contributed by atoms with E-state index in [0.717, 1.165) is 12.1 Å². The van der Waals surface area contributed by atoms with Crippen molar-refractivity contribution in [2.75, 3.05) is 13.1 Å². The van der Waals surface area contributed by atoms with E-state index in [1.807, 2.05) is 0 Å². The molecule has 0 aliphatic carbocycles. The molecule has 0 spiro atoms. The van der Waals surface area contributed by atoms with E-state index in [1.54, 1.807) is 42.5 Å². The number of aromatic nitrogens is 2. The van der Waals surface area contributed by atoms with Gasteiger partial charge in [-0.15, -0.1) is 0 Å². The van der Waals surface area contributed by atoms with Gasteiger partial charge in [-0.3, -0.25) is 4.79 Å². The highest BCUT2D eigenvalue weighted by molar-refractivity contribution is 6.38. The Kier molecular flexibility index (Phi) is 7.10. The van der Waals surface area contributed by atoms with Crippen LogP contribution in [0.5, 0.6) is 0 Å². The second-order valence-corrected chi connectivity index (χ2v) is 9.97. The van der Waals surface area contributed by atoms with Crippen molar-refractivity contribution < 1.29 is 23.1 Å². The van der Waals surface area contributed by atoms with Crippen LogP contribution in [0.4, 0.5) is 13.2 Å². The number of imidazole rings is 1. The minimum absolute atomic E-state index is 0.148. The standard InChI is InChI=1S/C25H26Cl2F3N3O2/c1-13-10-16(25(28,29)30)11-20-23(13)31-21(32(20)3)12-18-19(26)5-4-17(22(18)27)24(35)33-8-6-15(7-9-33)14(2)34/h4-5,10-11,14-15,34H,6-9,12H2,1-3H3. The zero-order chi connectivity index (χ0) is 25.7. The second-order valence-electron chi connectivity index (χ2n) is 9.18. The Hall–Kier alpha value is -2.29. The van der Waals surface area contributed by atoms with Gasteiger partial charge in [0.2, 0.25) is 0 Å². The maximum absolute atomic E-state index is 13.3. The highest BCUT2D eigenvalue weighted by Crippen LogP contribution is 2.35. The van der Waals surface area contributed by atoms with Crippen molar-refractivity contribution in [2.24, 2.45) is 13.0 Å². The van der Waals surface area contributed by atoms with Gasteiger partial charge in [-0.25, -0.2) is 4.98 Å². The molecule has 1 N–H and O–H groups in total. The molecule has 35 heavy (non-hydrogen) atoms. The van der Waals surface area contributed by atoms with Crippen LogP contribution in [-0.2, 0) is 19.6 Å². The van der Waals surface area contributed by atoms with Crippen molar-refractivity contribution in [1.82, 2.24) is 14.5 Å². The van der Waals surface area contributed by atoms with Gasteiger partial charge in [0.1, 0.15) is 5.82 Å². The Morgan fingerprint density at radius 3 is 2.49 bits per heavy atom. The van der Waals surface area contributed by atoms with Gasteiger partial charge < -0.3 is 14.6 Å². The number of fused-ring (bicyclic) bond motifs is 1. The summed E-state index contributed by atoms with van der Waals surface area (Å²) in [6.07, 6.45) is -3.31. The van der Waals surface area contributed by atoms with Crippen molar-refractivity contribution in [3.05, 3.63) is 62.4 Å². The molecule has 10 heteroatoms. The molecule has 5 nitrogen and oxygen atoms in total. The molecule has 0 radical (unpaired) electrons. The van der Waals surface area contributed by atoms with Gasteiger partial charge in [0.05, 0.1) is 33.3 Å². The van der Waals surface area contributed by atoms with E-state index in [0.29, 0.717) is 64.5 Å². The molecule has 1 atom stereocenters. The Bertz CT molecular complexity index is 1280. The fraction of sp³-hybridized carbons (Fsp3) is 0.440. The summed E-state index contributed by atoms with van der Waals surface area (Å²) < 4.78 is 41.5. The third-order valence-corrected chi connectivity index (χ3v) is 7.64. The first-order valence-corrected chi connectivity index (χ1v) is 12.1. The molecular formula is C25H26Cl2F3N3O2. The Labute approximate surface area is 211 Å². The molecule has 0 bridgehead atoms. The van der Waals surface area contributed by atoms with Crippen LogP contribution < -0.4 is 0 Å². The average Bonchev–Trinajstić information content (AvgIpc) is 3.11. The van der Waals surface area contributed by atoms with Crippen molar-refractivity contribution >= 4 is 40.1 Å². The van der Waals surface area contributed by atoms with E-state index >= 15 is 0 Å². The molecule has 1 fully saturated rings. The number of carbonyl (C=O) groups excluding carboxylic acids is 1. The Morgan fingerprint density at radius 2 is 1.89 bits per heavy atom. The lowest BCUT2D eigenvalue weighted by Crippen LogP contribution is -2.40. The van der Waals surface area contributed by atoms with Gasteiger partial charge in [-0.2, -0.15) is 13.2 Å². The molecule has 1 unspecified atom stereocenters. The fourth-order valence-corrected chi connectivity index (χ4v) is 5.25. The molecule has 1 aromatic heterocycles. The summed E-state index contributed by atoms with van der Waals surface area (Å²) >= 11 is 13.1. The van der Waals surface area contributed by atoms with E-state index in [2.05, 4.69) is 4.98 Å². The summed E-state index contributed by atoms with van der Waals surface area (Å²) in [6.45, 7) is 4.40. The number of carbonyl (C=O) groups is 1. The number of alkyl halides is 3. The average molecular weight is 528 g/mol. The third kappa shape index (κ3) is 5.01. The third-order valence-electron chi connectivity index (χ3n) is 6.86. The molecule has 1 aliphatic heterocycles. The smallest absolute Gasteiger partial charge is 0.393 e. The lowest BCUT2D eigenvalue weighted by molar-refractivity contribution is -0.137. The number of aliphatic hydroxyl groups excluding tert-OH is 1. The van der Waals surface area contributed by atoms with Crippen LogP contribution in [0.3, 0.4) is 0 Å². The van der Waals surface area contributed by atoms with Crippen molar-refractivity contribution in [3.8, 4) is 0 Å². The summed E-state index contributed by atoms with van der Waals surface area (Å²) in [4.78, 5) is 19.5. The SMILES string of the molecule is Cc1cc(C(F)(F)F)cc2c1nc(Cc1c(Cl)ccc(C(=O)N3CCC(C(C)O)CC3)c1Cl)n2C. The van der Waals surface area contributed by atoms with Crippen LogP contribution in [0.15, 0.2) is 24.3 Å². The van der Waals surface area contributed by atoms with Gasteiger partial charge in [0.25, 0.3) is 5.91 Å². The molecule has 1 aliphatic rings. The summed E-state index contributed by atoms with van der Waals surface area (Å²) in [6, 6.07) is 5.36. The molecule has 0 saturated carbocycles. The monoisotopic (exact) mass is 527 g/mol. The van der Waals surface area contributed by atoms with Crippen molar-refractivity contribution in [3.63, 3.8) is 0 Å². The van der Waals surface area contributed by atoms with Gasteiger partial charge >= 0.3 is 6.18 Å². The zero-order valence-corrected chi connectivity index (χ0v) is 21.1. The van der Waals surface area contributed by atoms with Crippen molar-refractivity contribution in [1.29, 1.82) is 0 Å². The summed E-state index contributed by atoms with van der Waals surface area (Å²) in [5.41, 5.74) is 1.31.